The van der Waals surface area contributed by atoms with Crippen LogP contribution in [-0.2, 0) is 6.42 Å². The van der Waals surface area contributed by atoms with E-state index in [1.165, 1.54) is 0 Å². The van der Waals surface area contributed by atoms with Gasteiger partial charge in [-0.05, 0) is 25.9 Å². The molecule has 1 aromatic heterocycles. The Morgan fingerprint density at radius 3 is 2.80 bits per heavy atom. The fraction of sp³-hybridized carbons (Fsp3) is 0.800. The number of nitrogens with two attached hydrogens (primary N) is 1. The van der Waals surface area contributed by atoms with E-state index < -0.39 is 0 Å². The Labute approximate surface area is 89.6 Å². The van der Waals surface area contributed by atoms with Crippen LogP contribution in [0.3, 0.4) is 0 Å². The van der Waals surface area contributed by atoms with Gasteiger partial charge in [0, 0.05) is 25.9 Å². The van der Waals surface area contributed by atoms with Crippen LogP contribution in [0.4, 0.5) is 0 Å². The normalized spacial score (nSPS) is 19.6. The molecular formula is C10H18N4O. The van der Waals surface area contributed by atoms with Crippen LogP contribution < -0.4 is 5.73 Å². The number of hydrogen-bond acceptors (Lipinski definition) is 5. The monoisotopic (exact) mass is 210 g/mol. The quantitative estimate of drug-likeness (QED) is 0.779. The molecule has 84 valence electrons. The molecule has 0 atom stereocenters. The number of hydrogen-bond donors (Lipinski definition) is 1. The van der Waals surface area contributed by atoms with Crippen LogP contribution in [0, 0.1) is 6.92 Å². The van der Waals surface area contributed by atoms with Gasteiger partial charge in [-0.2, -0.15) is 4.98 Å². The molecule has 0 radical (unpaired) electrons. The maximum absolute atomic E-state index is 5.84. The first-order valence-electron chi connectivity index (χ1n) is 5.51. The molecular weight excluding hydrogens is 192 g/mol. The number of aryl methyl sites for hydroxylation is 1. The summed E-state index contributed by atoms with van der Waals surface area (Å²) in [6.45, 7) is 5.01. The predicted octanol–water partition coefficient (Wildman–Crippen LogP) is 0.344. The average Bonchev–Trinajstić information content (AvgIpc) is 2.64. The van der Waals surface area contributed by atoms with Gasteiger partial charge in [-0.25, -0.2) is 0 Å². The Kier molecular flexibility index (Phi) is 3.33. The van der Waals surface area contributed by atoms with E-state index in [0.717, 1.165) is 44.7 Å². The van der Waals surface area contributed by atoms with Gasteiger partial charge >= 0.3 is 0 Å². The van der Waals surface area contributed by atoms with Gasteiger partial charge in [-0.3, -0.25) is 0 Å². The second-order valence-electron chi connectivity index (χ2n) is 4.16. The third-order valence-corrected chi connectivity index (χ3v) is 2.85. The molecule has 0 aromatic carbocycles. The number of aromatic nitrogens is 2. The maximum Gasteiger partial charge on any atom is 0.223 e. The molecule has 2 rings (SSSR count). The molecule has 5 heteroatoms. The summed E-state index contributed by atoms with van der Waals surface area (Å²) < 4.78 is 4.92. The Bertz CT molecular complexity index is 304. The van der Waals surface area contributed by atoms with Crippen molar-refractivity contribution in [3.8, 4) is 0 Å². The molecule has 0 amide bonds. The fourth-order valence-corrected chi connectivity index (χ4v) is 1.88. The molecule has 0 aliphatic carbocycles. The number of likely N-dealkylation sites (tertiary alicyclic amines) is 1. The van der Waals surface area contributed by atoms with Gasteiger partial charge in [-0.1, -0.05) is 5.16 Å². The first kappa shape index (κ1) is 10.6. The molecule has 1 aromatic rings. The molecule has 2 heterocycles. The minimum atomic E-state index is 0.397. The lowest BCUT2D eigenvalue weighted by atomic mass is 10.1. The fourth-order valence-electron chi connectivity index (χ4n) is 1.88. The highest BCUT2D eigenvalue weighted by molar-refractivity contribution is 4.85. The van der Waals surface area contributed by atoms with Gasteiger partial charge in [-0.15, -0.1) is 0 Å². The summed E-state index contributed by atoms with van der Waals surface area (Å²) in [5.74, 6) is 1.45. The van der Waals surface area contributed by atoms with E-state index in [-0.39, 0.29) is 0 Å². The first-order chi connectivity index (χ1) is 7.24. The van der Waals surface area contributed by atoms with Crippen molar-refractivity contribution in [3.63, 3.8) is 0 Å². The summed E-state index contributed by atoms with van der Waals surface area (Å²) >= 11 is 0. The second kappa shape index (κ2) is 4.72. The van der Waals surface area contributed by atoms with E-state index in [2.05, 4.69) is 15.0 Å². The van der Waals surface area contributed by atoms with Crippen molar-refractivity contribution in [2.45, 2.75) is 32.2 Å². The van der Waals surface area contributed by atoms with E-state index in [0.29, 0.717) is 11.9 Å². The van der Waals surface area contributed by atoms with Crippen molar-refractivity contribution in [1.82, 2.24) is 15.0 Å². The average molecular weight is 210 g/mol. The first-order valence-corrected chi connectivity index (χ1v) is 5.51. The van der Waals surface area contributed by atoms with Crippen LogP contribution in [0.5, 0.6) is 0 Å². The molecule has 0 unspecified atom stereocenters. The van der Waals surface area contributed by atoms with E-state index in [1.54, 1.807) is 0 Å². The highest BCUT2D eigenvalue weighted by Crippen LogP contribution is 2.08. The SMILES string of the molecule is Cc1nc(CCN2CCC(N)CC2)no1. The molecule has 1 aliphatic heterocycles. The largest absolute Gasteiger partial charge is 0.340 e. The van der Waals surface area contributed by atoms with Crippen molar-refractivity contribution in [2.24, 2.45) is 5.73 Å². The highest BCUT2D eigenvalue weighted by Gasteiger charge is 2.16. The Balaban J connectivity index is 1.74. The zero-order chi connectivity index (χ0) is 10.7. The summed E-state index contributed by atoms with van der Waals surface area (Å²) in [5.41, 5.74) is 5.84. The summed E-state index contributed by atoms with van der Waals surface area (Å²) in [4.78, 5) is 6.59. The highest BCUT2D eigenvalue weighted by atomic mass is 16.5. The van der Waals surface area contributed by atoms with E-state index in [9.17, 15) is 0 Å². The van der Waals surface area contributed by atoms with Crippen molar-refractivity contribution in [2.75, 3.05) is 19.6 Å². The second-order valence-corrected chi connectivity index (χ2v) is 4.16. The lowest BCUT2D eigenvalue weighted by Crippen LogP contribution is -2.40. The van der Waals surface area contributed by atoms with Gasteiger partial charge in [0.05, 0.1) is 0 Å². The van der Waals surface area contributed by atoms with Crippen LogP contribution in [-0.4, -0.2) is 40.7 Å². The van der Waals surface area contributed by atoms with Crippen LogP contribution >= 0.6 is 0 Å². The molecule has 5 nitrogen and oxygen atoms in total. The third-order valence-electron chi connectivity index (χ3n) is 2.85. The molecule has 1 saturated heterocycles. The van der Waals surface area contributed by atoms with E-state index in [1.807, 2.05) is 6.92 Å². The van der Waals surface area contributed by atoms with Crippen LogP contribution in [0.2, 0.25) is 0 Å². The van der Waals surface area contributed by atoms with Crippen LogP contribution in [0.25, 0.3) is 0 Å². The van der Waals surface area contributed by atoms with Crippen LogP contribution in [0.1, 0.15) is 24.6 Å². The number of nitrogens with zero attached hydrogens (tertiary/aromatic N) is 3. The predicted molar refractivity (Wildman–Crippen MR) is 56.4 cm³/mol. The molecule has 1 aliphatic rings. The Morgan fingerprint density at radius 2 is 2.20 bits per heavy atom. The molecule has 0 saturated carbocycles. The Hall–Kier alpha value is -0.940. The van der Waals surface area contributed by atoms with Gasteiger partial charge < -0.3 is 15.2 Å². The zero-order valence-electron chi connectivity index (χ0n) is 9.15. The van der Waals surface area contributed by atoms with E-state index >= 15 is 0 Å². The van der Waals surface area contributed by atoms with E-state index in [4.69, 9.17) is 10.3 Å². The minimum Gasteiger partial charge on any atom is -0.340 e. The summed E-state index contributed by atoms with van der Waals surface area (Å²) in [7, 11) is 0. The summed E-state index contributed by atoms with van der Waals surface area (Å²) in [6, 6.07) is 0.397. The maximum atomic E-state index is 5.84. The van der Waals surface area contributed by atoms with Gasteiger partial charge in [0.2, 0.25) is 5.89 Å². The summed E-state index contributed by atoms with van der Waals surface area (Å²) in [6.07, 6.45) is 3.07. The summed E-state index contributed by atoms with van der Waals surface area (Å²) in [5, 5.41) is 3.88. The molecule has 2 N–H and O–H groups in total. The van der Waals surface area contributed by atoms with Crippen molar-refractivity contribution in [3.05, 3.63) is 11.7 Å². The van der Waals surface area contributed by atoms with Gasteiger partial charge in [0.1, 0.15) is 0 Å². The van der Waals surface area contributed by atoms with Crippen molar-refractivity contribution < 1.29 is 4.52 Å². The topological polar surface area (TPSA) is 68.2 Å². The molecule has 0 bridgehead atoms. The zero-order valence-corrected chi connectivity index (χ0v) is 9.15. The minimum absolute atomic E-state index is 0.397. The number of rotatable bonds is 3. The Morgan fingerprint density at radius 1 is 1.47 bits per heavy atom. The van der Waals surface area contributed by atoms with Gasteiger partial charge in [0.25, 0.3) is 0 Å². The van der Waals surface area contributed by atoms with Gasteiger partial charge in [0.15, 0.2) is 5.82 Å². The smallest absolute Gasteiger partial charge is 0.223 e. The van der Waals surface area contributed by atoms with Crippen molar-refractivity contribution in [1.29, 1.82) is 0 Å². The third kappa shape index (κ3) is 3.00. The standard InChI is InChI=1S/C10H18N4O/c1-8-12-10(13-15-8)4-7-14-5-2-9(11)3-6-14/h9H,2-7,11H2,1H3. The number of piperidine rings is 1. The lowest BCUT2D eigenvalue weighted by molar-refractivity contribution is 0.214. The van der Waals surface area contributed by atoms with Crippen molar-refractivity contribution >= 4 is 0 Å². The van der Waals surface area contributed by atoms with Crippen LogP contribution in [0.15, 0.2) is 4.52 Å². The molecule has 15 heavy (non-hydrogen) atoms. The lowest BCUT2D eigenvalue weighted by Gasteiger charge is -2.29. The molecule has 1 fully saturated rings. The molecule has 0 spiro atoms.